The van der Waals surface area contributed by atoms with Gasteiger partial charge in [0.1, 0.15) is 6.10 Å². The zero-order chi connectivity index (χ0) is 14.7. The summed E-state index contributed by atoms with van der Waals surface area (Å²) in [7, 11) is 1.99. The minimum Gasteiger partial charge on any atom is -0.477 e. The number of hydrogen-bond donors (Lipinski definition) is 1. The lowest BCUT2D eigenvalue weighted by atomic mass is 10.1. The number of pyridine rings is 1. The molecule has 20 heavy (non-hydrogen) atoms. The second-order valence-electron chi connectivity index (χ2n) is 4.70. The average Bonchev–Trinajstić information content (AvgIpc) is 2.41. The highest BCUT2D eigenvalue weighted by Crippen LogP contribution is 2.27. The minimum atomic E-state index is -1.24. The summed E-state index contributed by atoms with van der Waals surface area (Å²) < 4.78 is 5.54. The van der Waals surface area contributed by atoms with E-state index in [4.69, 9.17) is 9.84 Å². The topological polar surface area (TPSA) is 106 Å². The number of nitro groups is 1. The molecule has 1 aliphatic heterocycles. The number of hydrogen-bond acceptors (Lipinski definition) is 6. The molecule has 108 valence electrons. The molecule has 8 nitrogen and oxygen atoms in total. The van der Waals surface area contributed by atoms with Crippen molar-refractivity contribution in [2.45, 2.75) is 18.9 Å². The third-order valence-electron chi connectivity index (χ3n) is 3.20. The van der Waals surface area contributed by atoms with E-state index in [2.05, 4.69) is 9.88 Å². The molecular weight excluding hydrogens is 266 g/mol. The second kappa shape index (κ2) is 5.83. The number of carboxylic acid groups (broad SMARTS) is 1. The lowest BCUT2D eigenvalue weighted by Gasteiger charge is -2.28. The number of carbonyl (C=O) groups is 1. The maximum atomic E-state index is 10.9. The normalized spacial score (nSPS) is 16.9. The largest absolute Gasteiger partial charge is 0.477 e. The Morgan fingerprint density at radius 1 is 1.50 bits per heavy atom. The maximum Gasteiger partial charge on any atom is 0.354 e. The highest BCUT2D eigenvalue weighted by molar-refractivity contribution is 5.85. The minimum absolute atomic E-state index is 0.179. The van der Waals surface area contributed by atoms with E-state index in [0.29, 0.717) is 0 Å². The number of likely N-dealkylation sites (tertiary alicyclic amines) is 1. The van der Waals surface area contributed by atoms with Crippen LogP contribution in [0, 0.1) is 10.1 Å². The fourth-order valence-corrected chi connectivity index (χ4v) is 2.04. The summed E-state index contributed by atoms with van der Waals surface area (Å²) in [6.07, 6.45) is 1.28. The molecule has 1 saturated heterocycles. The van der Waals surface area contributed by atoms with E-state index >= 15 is 0 Å². The van der Waals surface area contributed by atoms with Crippen molar-refractivity contribution in [2.75, 3.05) is 20.1 Å². The Bertz CT molecular complexity index is 526. The molecule has 0 atom stereocenters. The van der Waals surface area contributed by atoms with Gasteiger partial charge in [-0.3, -0.25) is 10.1 Å². The zero-order valence-corrected chi connectivity index (χ0v) is 11.0. The van der Waals surface area contributed by atoms with Crippen LogP contribution in [0.25, 0.3) is 0 Å². The number of nitrogens with zero attached hydrogens (tertiary/aromatic N) is 3. The van der Waals surface area contributed by atoms with Gasteiger partial charge in [0.05, 0.1) is 4.92 Å². The summed E-state index contributed by atoms with van der Waals surface area (Å²) >= 11 is 0. The van der Waals surface area contributed by atoms with Gasteiger partial charge in [-0.05, 0) is 26.0 Å². The molecule has 1 fully saturated rings. The number of rotatable bonds is 4. The second-order valence-corrected chi connectivity index (χ2v) is 4.70. The van der Waals surface area contributed by atoms with Crippen LogP contribution in [0.15, 0.2) is 12.1 Å². The lowest BCUT2D eigenvalue weighted by molar-refractivity contribution is -0.386. The lowest BCUT2D eigenvalue weighted by Crippen LogP contribution is -2.36. The van der Waals surface area contributed by atoms with Crippen LogP contribution in [0.3, 0.4) is 0 Å². The summed E-state index contributed by atoms with van der Waals surface area (Å²) in [4.78, 5) is 27.0. The summed E-state index contributed by atoms with van der Waals surface area (Å²) in [6.45, 7) is 1.66. The van der Waals surface area contributed by atoms with Crippen molar-refractivity contribution in [1.82, 2.24) is 9.88 Å². The smallest absolute Gasteiger partial charge is 0.354 e. The molecule has 0 radical (unpaired) electrons. The summed E-state index contributed by atoms with van der Waals surface area (Å²) in [5.74, 6) is -1.46. The van der Waals surface area contributed by atoms with Gasteiger partial charge in [0, 0.05) is 19.2 Å². The zero-order valence-electron chi connectivity index (χ0n) is 11.0. The fraction of sp³-hybridized carbons (Fsp3) is 0.500. The van der Waals surface area contributed by atoms with E-state index in [1.54, 1.807) is 0 Å². The Balaban J connectivity index is 2.21. The van der Waals surface area contributed by atoms with Crippen molar-refractivity contribution in [3.63, 3.8) is 0 Å². The predicted molar refractivity (Wildman–Crippen MR) is 69.0 cm³/mol. The van der Waals surface area contributed by atoms with Crippen molar-refractivity contribution in [2.24, 2.45) is 0 Å². The molecule has 0 amide bonds. The fourth-order valence-electron chi connectivity index (χ4n) is 2.04. The third kappa shape index (κ3) is 3.21. The van der Waals surface area contributed by atoms with E-state index < -0.39 is 10.9 Å². The van der Waals surface area contributed by atoms with Gasteiger partial charge in [0.25, 0.3) is 5.88 Å². The molecule has 2 rings (SSSR count). The van der Waals surface area contributed by atoms with Crippen molar-refractivity contribution in [3.05, 3.63) is 27.9 Å². The van der Waals surface area contributed by atoms with Gasteiger partial charge in [-0.2, -0.15) is 0 Å². The van der Waals surface area contributed by atoms with Crippen molar-refractivity contribution in [3.8, 4) is 5.88 Å². The Labute approximate surface area is 115 Å². The standard InChI is InChI=1S/C12H15N3O5/c1-14-6-4-8(5-7-14)20-11-10(15(18)19)3-2-9(13-11)12(16)17/h2-3,8H,4-7H2,1H3,(H,16,17). The maximum absolute atomic E-state index is 10.9. The van der Waals surface area contributed by atoms with Gasteiger partial charge in [-0.25, -0.2) is 9.78 Å². The van der Waals surface area contributed by atoms with Crippen molar-refractivity contribution < 1.29 is 19.6 Å². The molecule has 2 heterocycles. The molecule has 0 aliphatic carbocycles. The van der Waals surface area contributed by atoms with E-state index in [0.717, 1.165) is 38.1 Å². The number of piperidine rings is 1. The molecule has 0 aromatic carbocycles. The predicted octanol–water partition coefficient (Wildman–Crippen LogP) is 1.16. The van der Waals surface area contributed by atoms with Gasteiger partial charge in [0.2, 0.25) is 0 Å². The first-order valence-electron chi connectivity index (χ1n) is 6.21. The number of aromatic nitrogens is 1. The highest BCUT2D eigenvalue weighted by atomic mass is 16.6. The van der Waals surface area contributed by atoms with Gasteiger partial charge in [-0.15, -0.1) is 0 Å². The first kappa shape index (κ1) is 14.2. The van der Waals surface area contributed by atoms with Crippen LogP contribution >= 0.6 is 0 Å². The molecule has 0 spiro atoms. The molecule has 1 aliphatic rings. The van der Waals surface area contributed by atoms with Crippen LogP contribution < -0.4 is 4.74 Å². The van der Waals surface area contributed by atoms with Crippen LogP contribution in [0.2, 0.25) is 0 Å². The van der Waals surface area contributed by atoms with Crippen molar-refractivity contribution >= 4 is 11.7 Å². The quantitative estimate of drug-likeness (QED) is 0.652. The van der Waals surface area contributed by atoms with E-state index in [1.165, 1.54) is 0 Å². The molecular formula is C12H15N3O5. The molecule has 0 unspecified atom stereocenters. The molecule has 1 N–H and O–H groups in total. The van der Waals surface area contributed by atoms with Crippen LogP contribution in [-0.4, -0.2) is 52.1 Å². The Morgan fingerprint density at radius 2 is 2.15 bits per heavy atom. The molecule has 0 bridgehead atoms. The monoisotopic (exact) mass is 281 g/mol. The average molecular weight is 281 g/mol. The van der Waals surface area contributed by atoms with Crippen LogP contribution in [0.1, 0.15) is 23.3 Å². The molecule has 1 aromatic rings. The number of carboxylic acids is 1. The summed E-state index contributed by atoms with van der Waals surface area (Å²) in [6, 6.07) is 2.21. The Kier molecular flexibility index (Phi) is 4.14. The van der Waals surface area contributed by atoms with Gasteiger partial charge >= 0.3 is 11.7 Å². The Morgan fingerprint density at radius 3 is 2.70 bits per heavy atom. The van der Waals surface area contributed by atoms with Crippen molar-refractivity contribution in [1.29, 1.82) is 0 Å². The first-order valence-corrected chi connectivity index (χ1v) is 6.21. The number of aromatic carboxylic acids is 1. The highest BCUT2D eigenvalue weighted by Gasteiger charge is 2.25. The van der Waals surface area contributed by atoms with E-state index in [-0.39, 0.29) is 23.4 Å². The van der Waals surface area contributed by atoms with E-state index in [1.807, 2.05) is 7.05 Å². The Hall–Kier alpha value is -2.22. The molecule has 8 heteroatoms. The van der Waals surface area contributed by atoms with Crippen LogP contribution in [-0.2, 0) is 0 Å². The van der Waals surface area contributed by atoms with Gasteiger partial charge in [0.15, 0.2) is 5.69 Å². The molecule has 1 aromatic heterocycles. The van der Waals surface area contributed by atoms with Gasteiger partial charge < -0.3 is 14.7 Å². The molecule has 0 saturated carbocycles. The SMILES string of the molecule is CN1CCC(Oc2nc(C(=O)O)ccc2[N+](=O)[O-])CC1. The van der Waals surface area contributed by atoms with Crippen LogP contribution in [0.5, 0.6) is 5.88 Å². The van der Waals surface area contributed by atoms with E-state index in [9.17, 15) is 14.9 Å². The summed E-state index contributed by atoms with van der Waals surface area (Å²) in [5.41, 5.74) is -0.576. The van der Waals surface area contributed by atoms with Gasteiger partial charge in [-0.1, -0.05) is 0 Å². The first-order chi connectivity index (χ1) is 9.47. The third-order valence-corrected chi connectivity index (χ3v) is 3.20. The summed E-state index contributed by atoms with van der Waals surface area (Å²) in [5, 5.41) is 19.8. The van der Waals surface area contributed by atoms with Crippen LogP contribution in [0.4, 0.5) is 5.69 Å². The number of ether oxygens (including phenoxy) is 1.